The number of carbonyl (C=O) groups is 2. The van der Waals surface area contributed by atoms with Crippen molar-refractivity contribution >= 4 is 11.8 Å². The number of amides is 2. The van der Waals surface area contributed by atoms with Crippen LogP contribution in [0.15, 0.2) is 12.3 Å². The SMILES string of the molecule is C=C1N(C)C(=O)CC1(C)CC(=O)NC. The summed E-state index contributed by atoms with van der Waals surface area (Å²) in [6, 6.07) is 0. The summed E-state index contributed by atoms with van der Waals surface area (Å²) >= 11 is 0. The van der Waals surface area contributed by atoms with E-state index in [-0.39, 0.29) is 11.8 Å². The molecule has 4 heteroatoms. The molecule has 0 aromatic heterocycles. The maximum absolute atomic E-state index is 11.4. The van der Waals surface area contributed by atoms with Gasteiger partial charge in [0.05, 0.1) is 0 Å². The Hall–Kier alpha value is -1.32. The molecular weight excluding hydrogens is 180 g/mol. The van der Waals surface area contributed by atoms with Crippen LogP contribution in [0.5, 0.6) is 0 Å². The van der Waals surface area contributed by atoms with E-state index in [1.165, 1.54) is 4.90 Å². The minimum atomic E-state index is -0.411. The second-order valence-corrected chi connectivity index (χ2v) is 3.99. The Bertz CT molecular complexity index is 298. The lowest BCUT2D eigenvalue weighted by molar-refractivity contribution is -0.126. The van der Waals surface area contributed by atoms with Crippen LogP contribution in [-0.2, 0) is 9.59 Å². The molecular formula is C10H16N2O2. The van der Waals surface area contributed by atoms with E-state index in [2.05, 4.69) is 11.9 Å². The van der Waals surface area contributed by atoms with Gasteiger partial charge in [-0.1, -0.05) is 13.5 Å². The number of rotatable bonds is 2. The van der Waals surface area contributed by atoms with Gasteiger partial charge in [-0.15, -0.1) is 0 Å². The van der Waals surface area contributed by atoms with Gasteiger partial charge in [0, 0.05) is 38.0 Å². The van der Waals surface area contributed by atoms with Crippen LogP contribution in [0.2, 0.25) is 0 Å². The van der Waals surface area contributed by atoms with Crippen LogP contribution in [0.25, 0.3) is 0 Å². The molecule has 1 fully saturated rings. The first-order valence-corrected chi connectivity index (χ1v) is 4.57. The number of hydrogen-bond acceptors (Lipinski definition) is 2. The van der Waals surface area contributed by atoms with Gasteiger partial charge in [0.25, 0.3) is 0 Å². The maximum atomic E-state index is 11.4. The van der Waals surface area contributed by atoms with Crippen LogP contribution in [0.3, 0.4) is 0 Å². The van der Waals surface area contributed by atoms with Gasteiger partial charge in [-0.2, -0.15) is 0 Å². The van der Waals surface area contributed by atoms with E-state index in [1.54, 1.807) is 14.1 Å². The Morgan fingerprint density at radius 2 is 2.29 bits per heavy atom. The van der Waals surface area contributed by atoms with Crippen molar-refractivity contribution in [3.8, 4) is 0 Å². The highest BCUT2D eigenvalue weighted by Crippen LogP contribution is 2.41. The summed E-state index contributed by atoms with van der Waals surface area (Å²) in [5, 5.41) is 2.56. The van der Waals surface area contributed by atoms with Crippen LogP contribution >= 0.6 is 0 Å². The standard InChI is InChI=1S/C10H16N2O2/c1-7-10(2,5-8(13)11-3)6-9(14)12(7)4/h1,5-6H2,2-4H3,(H,11,13). The smallest absolute Gasteiger partial charge is 0.227 e. The molecule has 1 heterocycles. The number of allylic oxidation sites excluding steroid dienone is 1. The predicted molar refractivity (Wildman–Crippen MR) is 53.3 cm³/mol. The Kier molecular flexibility index (Phi) is 2.64. The highest BCUT2D eigenvalue weighted by atomic mass is 16.2. The summed E-state index contributed by atoms with van der Waals surface area (Å²) in [4.78, 5) is 24.2. The van der Waals surface area contributed by atoms with Crippen LogP contribution < -0.4 is 5.32 Å². The van der Waals surface area contributed by atoms with Crippen LogP contribution in [0.1, 0.15) is 19.8 Å². The number of carbonyl (C=O) groups excluding carboxylic acids is 2. The van der Waals surface area contributed by atoms with Crippen LogP contribution in [0, 0.1) is 5.41 Å². The zero-order valence-corrected chi connectivity index (χ0v) is 8.89. The third kappa shape index (κ3) is 1.64. The van der Waals surface area contributed by atoms with Crippen molar-refractivity contribution in [2.45, 2.75) is 19.8 Å². The molecule has 78 valence electrons. The van der Waals surface area contributed by atoms with Crippen molar-refractivity contribution in [2.75, 3.05) is 14.1 Å². The van der Waals surface area contributed by atoms with Crippen molar-refractivity contribution in [1.29, 1.82) is 0 Å². The first-order valence-electron chi connectivity index (χ1n) is 4.57. The molecule has 1 saturated heterocycles. The molecule has 14 heavy (non-hydrogen) atoms. The summed E-state index contributed by atoms with van der Waals surface area (Å²) in [7, 11) is 3.29. The van der Waals surface area contributed by atoms with Crippen molar-refractivity contribution in [3.05, 3.63) is 12.3 Å². The average molecular weight is 196 g/mol. The molecule has 1 rings (SSSR count). The Balaban J connectivity index is 2.81. The fourth-order valence-electron chi connectivity index (χ4n) is 1.72. The lowest BCUT2D eigenvalue weighted by atomic mass is 9.83. The van der Waals surface area contributed by atoms with E-state index in [0.717, 1.165) is 5.70 Å². The largest absolute Gasteiger partial charge is 0.359 e. The summed E-state index contributed by atoms with van der Waals surface area (Å²) in [6.07, 6.45) is 0.689. The predicted octanol–water partition coefficient (Wildman–Crippen LogP) is 0.505. The van der Waals surface area contributed by atoms with Gasteiger partial charge in [0.15, 0.2) is 0 Å². The van der Waals surface area contributed by atoms with E-state index in [1.807, 2.05) is 6.92 Å². The molecule has 1 unspecified atom stereocenters. The molecule has 2 amide bonds. The molecule has 1 aliphatic rings. The Morgan fingerprint density at radius 1 is 1.71 bits per heavy atom. The number of hydrogen-bond donors (Lipinski definition) is 1. The van der Waals surface area contributed by atoms with Crippen LogP contribution in [0.4, 0.5) is 0 Å². The van der Waals surface area contributed by atoms with Crippen LogP contribution in [-0.4, -0.2) is 30.8 Å². The fraction of sp³-hybridized carbons (Fsp3) is 0.600. The van der Waals surface area contributed by atoms with Crippen molar-refractivity contribution < 1.29 is 9.59 Å². The quantitative estimate of drug-likeness (QED) is 0.699. The third-order valence-corrected chi connectivity index (χ3v) is 2.85. The van der Waals surface area contributed by atoms with E-state index >= 15 is 0 Å². The molecule has 0 aliphatic carbocycles. The molecule has 1 aliphatic heterocycles. The van der Waals surface area contributed by atoms with Crippen molar-refractivity contribution in [2.24, 2.45) is 5.41 Å². The third-order valence-electron chi connectivity index (χ3n) is 2.85. The molecule has 0 radical (unpaired) electrons. The topological polar surface area (TPSA) is 49.4 Å². The maximum Gasteiger partial charge on any atom is 0.227 e. The fourth-order valence-corrected chi connectivity index (χ4v) is 1.72. The minimum absolute atomic E-state index is 0.0291. The van der Waals surface area contributed by atoms with E-state index < -0.39 is 5.41 Å². The summed E-state index contributed by atoms with van der Waals surface area (Å²) in [5.74, 6) is -0.0295. The van der Waals surface area contributed by atoms with Gasteiger partial charge in [-0.05, 0) is 0 Å². The van der Waals surface area contributed by atoms with Gasteiger partial charge in [0.2, 0.25) is 11.8 Å². The molecule has 1 N–H and O–H groups in total. The first kappa shape index (κ1) is 10.8. The average Bonchev–Trinajstić information content (AvgIpc) is 2.30. The molecule has 0 aromatic carbocycles. The number of nitrogens with zero attached hydrogens (tertiary/aromatic N) is 1. The van der Waals surface area contributed by atoms with Gasteiger partial charge in [-0.25, -0.2) is 0 Å². The molecule has 0 spiro atoms. The summed E-state index contributed by atoms with van der Waals surface area (Å²) < 4.78 is 0. The molecule has 0 aromatic rings. The van der Waals surface area contributed by atoms with E-state index in [4.69, 9.17) is 0 Å². The Labute approximate surface area is 84.0 Å². The lowest BCUT2D eigenvalue weighted by Gasteiger charge is -2.24. The second-order valence-electron chi connectivity index (χ2n) is 3.99. The van der Waals surface area contributed by atoms with Gasteiger partial charge < -0.3 is 10.2 Å². The highest BCUT2D eigenvalue weighted by Gasteiger charge is 2.42. The zero-order chi connectivity index (χ0) is 10.9. The highest BCUT2D eigenvalue weighted by molar-refractivity contribution is 5.85. The zero-order valence-electron chi connectivity index (χ0n) is 8.89. The molecule has 0 bridgehead atoms. The van der Waals surface area contributed by atoms with Gasteiger partial charge >= 0.3 is 0 Å². The molecule has 4 nitrogen and oxygen atoms in total. The molecule has 0 saturated carbocycles. The van der Waals surface area contributed by atoms with Crippen molar-refractivity contribution in [3.63, 3.8) is 0 Å². The van der Waals surface area contributed by atoms with Gasteiger partial charge in [-0.3, -0.25) is 9.59 Å². The first-order chi connectivity index (χ1) is 6.40. The second kappa shape index (κ2) is 3.44. The van der Waals surface area contributed by atoms with Crippen molar-refractivity contribution in [1.82, 2.24) is 10.2 Å². The normalized spacial score (nSPS) is 26.9. The van der Waals surface area contributed by atoms with E-state index in [9.17, 15) is 9.59 Å². The number of likely N-dealkylation sites (tertiary alicyclic amines) is 1. The number of nitrogens with one attached hydrogen (secondary N) is 1. The summed E-state index contributed by atoms with van der Waals surface area (Å²) in [5.41, 5.74) is 0.317. The Morgan fingerprint density at radius 3 is 2.64 bits per heavy atom. The minimum Gasteiger partial charge on any atom is -0.359 e. The van der Waals surface area contributed by atoms with Gasteiger partial charge in [0.1, 0.15) is 0 Å². The summed E-state index contributed by atoms with van der Waals surface area (Å²) in [6.45, 7) is 5.75. The van der Waals surface area contributed by atoms with E-state index in [0.29, 0.717) is 12.8 Å². The molecule has 1 atom stereocenters. The monoisotopic (exact) mass is 196 g/mol. The lowest BCUT2D eigenvalue weighted by Crippen LogP contribution is -2.28.